The van der Waals surface area contributed by atoms with Crippen molar-refractivity contribution in [2.45, 2.75) is 32.2 Å². The van der Waals surface area contributed by atoms with E-state index < -0.39 is 17.2 Å². The van der Waals surface area contributed by atoms with Gasteiger partial charge in [-0.05, 0) is 38.1 Å². The summed E-state index contributed by atoms with van der Waals surface area (Å²) in [6.45, 7) is 5.79. The zero-order chi connectivity index (χ0) is 18.6. The van der Waals surface area contributed by atoms with Crippen LogP contribution in [0.2, 0.25) is 0 Å². The van der Waals surface area contributed by atoms with Crippen LogP contribution in [0.5, 0.6) is 0 Å². The van der Waals surface area contributed by atoms with Crippen LogP contribution in [-0.2, 0) is 0 Å². The molecule has 0 amide bonds. The standard InChI is InChI=1S/C20H16F3N3/c1-10-16-12(5-4-6-13(16)21)19(24-20(10,2)3)15-9-11-7-8-14(22)17(23)18(11)26-25-15/h4-10H,1-3H3. The highest BCUT2D eigenvalue weighted by molar-refractivity contribution is 6.14. The third-order valence-electron chi connectivity index (χ3n) is 5.09. The van der Waals surface area contributed by atoms with Crippen molar-refractivity contribution in [3.63, 3.8) is 0 Å². The topological polar surface area (TPSA) is 38.1 Å². The van der Waals surface area contributed by atoms with Crippen molar-refractivity contribution in [3.8, 4) is 0 Å². The summed E-state index contributed by atoms with van der Waals surface area (Å²) in [6, 6.07) is 8.93. The molecule has 26 heavy (non-hydrogen) atoms. The molecule has 6 heteroatoms. The Morgan fingerprint density at radius 1 is 0.962 bits per heavy atom. The van der Waals surface area contributed by atoms with E-state index >= 15 is 0 Å². The van der Waals surface area contributed by atoms with Gasteiger partial charge in [-0.3, -0.25) is 4.99 Å². The van der Waals surface area contributed by atoms with E-state index in [0.717, 1.165) is 6.07 Å². The predicted molar refractivity (Wildman–Crippen MR) is 94.0 cm³/mol. The quantitative estimate of drug-likeness (QED) is 0.630. The summed E-state index contributed by atoms with van der Waals surface area (Å²) in [4.78, 5) is 4.77. The Morgan fingerprint density at radius 3 is 2.50 bits per heavy atom. The summed E-state index contributed by atoms with van der Waals surface area (Å²) < 4.78 is 41.8. The maximum absolute atomic E-state index is 14.5. The number of aromatic nitrogens is 2. The second-order valence-corrected chi connectivity index (χ2v) is 7.07. The number of aliphatic imine (C=N–C) groups is 1. The molecule has 0 spiro atoms. The Hall–Kier alpha value is -2.76. The molecule has 0 saturated heterocycles. The van der Waals surface area contributed by atoms with E-state index in [1.807, 2.05) is 20.8 Å². The van der Waals surface area contributed by atoms with Gasteiger partial charge in [-0.1, -0.05) is 19.1 Å². The predicted octanol–water partition coefficient (Wildman–Crippen LogP) is 4.78. The molecular weight excluding hydrogens is 339 g/mol. The molecule has 1 atom stereocenters. The highest BCUT2D eigenvalue weighted by Crippen LogP contribution is 2.40. The van der Waals surface area contributed by atoms with Crippen molar-refractivity contribution in [1.82, 2.24) is 10.2 Å². The van der Waals surface area contributed by atoms with Gasteiger partial charge >= 0.3 is 0 Å². The lowest BCUT2D eigenvalue weighted by molar-refractivity contribution is 0.417. The largest absolute Gasteiger partial charge is 0.276 e. The monoisotopic (exact) mass is 355 g/mol. The zero-order valence-corrected chi connectivity index (χ0v) is 14.5. The van der Waals surface area contributed by atoms with Crippen LogP contribution >= 0.6 is 0 Å². The number of hydrogen-bond acceptors (Lipinski definition) is 3. The summed E-state index contributed by atoms with van der Waals surface area (Å²) >= 11 is 0. The average Bonchev–Trinajstić information content (AvgIpc) is 2.61. The Bertz CT molecular complexity index is 1070. The number of nitrogens with zero attached hydrogens (tertiary/aromatic N) is 3. The van der Waals surface area contributed by atoms with E-state index in [-0.39, 0.29) is 17.3 Å². The molecule has 1 aliphatic heterocycles. The summed E-state index contributed by atoms with van der Waals surface area (Å²) in [6.07, 6.45) is 0. The van der Waals surface area contributed by atoms with Crippen molar-refractivity contribution in [2.24, 2.45) is 4.99 Å². The van der Waals surface area contributed by atoms with Crippen molar-refractivity contribution in [2.75, 3.05) is 0 Å². The van der Waals surface area contributed by atoms with E-state index in [1.165, 1.54) is 12.1 Å². The number of rotatable bonds is 1. The summed E-state index contributed by atoms with van der Waals surface area (Å²) in [5.74, 6) is -2.43. The van der Waals surface area contributed by atoms with E-state index in [2.05, 4.69) is 10.2 Å². The third kappa shape index (κ3) is 2.40. The first-order chi connectivity index (χ1) is 12.3. The van der Waals surface area contributed by atoms with Crippen molar-refractivity contribution in [1.29, 1.82) is 0 Å². The lowest BCUT2D eigenvalue weighted by atomic mass is 9.77. The van der Waals surface area contributed by atoms with Gasteiger partial charge in [0.1, 0.15) is 17.0 Å². The fraction of sp³-hybridized carbons (Fsp3) is 0.250. The van der Waals surface area contributed by atoms with Crippen LogP contribution in [0.25, 0.3) is 10.9 Å². The Labute approximate surface area is 148 Å². The number of fused-ring (bicyclic) bond motifs is 2. The smallest absolute Gasteiger partial charge is 0.186 e. The third-order valence-corrected chi connectivity index (χ3v) is 5.09. The second kappa shape index (κ2) is 5.62. The van der Waals surface area contributed by atoms with E-state index in [1.54, 1.807) is 18.2 Å². The minimum Gasteiger partial charge on any atom is -0.276 e. The summed E-state index contributed by atoms with van der Waals surface area (Å²) in [5.41, 5.74) is 1.44. The molecule has 3 aromatic rings. The van der Waals surface area contributed by atoms with E-state index in [4.69, 9.17) is 4.99 Å². The molecule has 0 radical (unpaired) electrons. The van der Waals surface area contributed by atoms with Gasteiger partial charge in [0, 0.05) is 22.4 Å². The van der Waals surface area contributed by atoms with Gasteiger partial charge in [0.05, 0.1) is 11.3 Å². The minimum atomic E-state index is -1.03. The van der Waals surface area contributed by atoms with E-state index in [0.29, 0.717) is 27.9 Å². The molecule has 4 rings (SSSR count). The SMILES string of the molecule is CC1c2c(F)cccc2C(c2cc3ccc(F)c(F)c3nn2)=NC1(C)C. The molecule has 0 aliphatic carbocycles. The Morgan fingerprint density at radius 2 is 1.73 bits per heavy atom. The maximum Gasteiger partial charge on any atom is 0.186 e. The molecule has 0 bridgehead atoms. The van der Waals surface area contributed by atoms with Gasteiger partial charge in [0.15, 0.2) is 11.6 Å². The molecule has 1 unspecified atom stereocenters. The number of hydrogen-bond donors (Lipinski definition) is 0. The van der Waals surface area contributed by atoms with Gasteiger partial charge in [-0.2, -0.15) is 0 Å². The highest BCUT2D eigenvalue weighted by atomic mass is 19.2. The fourth-order valence-electron chi connectivity index (χ4n) is 3.35. The van der Waals surface area contributed by atoms with Crippen LogP contribution in [0.3, 0.4) is 0 Å². The molecule has 0 N–H and O–H groups in total. The molecule has 2 heterocycles. The van der Waals surface area contributed by atoms with Gasteiger partial charge in [-0.25, -0.2) is 13.2 Å². The summed E-state index contributed by atoms with van der Waals surface area (Å²) in [5, 5.41) is 8.29. The number of benzene rings is 2. The molecule has 0 saturated carbocycles. The first kappa shape index (κ1) is 16.7. The molecule has 1 aliphatic rings. The lowest BCUT2D eigenvalue weighted by Crippen LogP contribution is -2.34. The van der Waals surface area contributed by atoms with Crippen LogP contribution in [0, 0.1) is 17.5 Å². The molecular formula is C20H16F3N3. The molecule has 1 aromatic heterocycles. The van der Waals surface area contributed by atoms with Crippen LogP contribution < -0.4 is 0 Å². The minimum absolute atomic E-state index is 0.123. The first-order valence-electron chi connectivity index (χ1n) is 8.30. The molecule has 3 nitrogen and oxygen atoms in total. The summed E-state index contributed by atoms with van der Waals surface area (Å²) in [7, 11) is 0. The first-order valence-corrected chi connectivity index (χ1v) is 8.30. The average molecular weight is 355 g/mol. The van der Waals surface area contributed by atoms with Crippen LogP contribution in [0.4, 0.5) is 13.2 Å². The molecule has 132 valence electrons. The van der Waals surface area contributed by atoms with Crippen molar-refractivity contribution in [3.05, 3.63) is 70.7 Å². The Kier molecular flexibility index (Phi) is 3.61. The molecule has 0 fully saturated rings. The fourth-order valence-corrected chi connectivity index (χ4v) is 3.35. The second-order valence-electron chi connectivity index (χ2n) is 7.07. The number of halogens is 3. The van der Waals surface area contributed by atoms with Crippen LogP contribution in [0.15, 0.2) is 41.4 Å². The highest BCUT2D eigenvalue weighted by Gasteiger charge is 2.36. The van der Waals surface area contributed by atoms with Crippen LogP contribution in [-0.4, -0.2) is 21.4 Å². The van der Waals surface area contributed by atoms with Gasteiger partial charge in [0.25, 0.3) is 0 Å². The molecule has 2 aromatic carbocycles. The van der Waals surface area contributed by atoms with Crippen molar-refractivity contribution >= 4 is 16.6 Å². The van der Waals surface area contributed by atoms with E-state index in [9.17, 15) is 13.2 Å². The Balaban J connectivity index is 1.97. The maximum atomic E-state index is 14.5. The van der Waals surface area contributed by atoms with Gasteiger partial charge < -0.3 is 0 Å². The van der Waals surface area contributed by atoms with Crippen molar-refractivity contribution < 1.29 is 13.2 Å². The van der Waals surface area contributed by atoms with Gasteiger partial charge in [0.2, 0.25) is 0 Å². The van der Waals surface area contributed by atoms with Gasteiger partial charge in [-0.15, -0.1) is 10.2 Å². The normalized spacial score (nSPS) is 18.5. The zero-order valence-electron chi connectivity index (χ0n) is 14.5. The lowest BCUT2D eigenvalue weighted by Gasteiger charge is -2.35. The van der Waals surface area contributed by atoms with Crippen LogP contribution in [0.1, 0.15) is 43.5 Å².